The molecular weight excluding hydrogens is 477 g/mol. The largest absolute Gasteiger partial charge is 0.416 e. The van der Waals surface area contributed by atoms with Crippen molar-refractivity contribution in [3.05, 3.63) is 70.0 Å². The summed E-state index contributed by atoms with van der Waals surface area (Å²) < 4.78 is 92.6. The van der Waals surface area contributed by atoms with Gasteiger partial charge in [0, 0.05) is 31.1 Å². The van der Waals surface area contributed by atoms with Crippen molar-refractivity contribution in [2.24, 2.45) is 0 Å². The lowest BCUT2D eigenvalue weighted by Crippen LogP contribution is -2.49. The summed E-state index contributed by atoms with van der Waals surface area (Å²) in [6.07, 6.45) is -9.66. The van der Waals surface area contributed by atoms with Crippen LogP contribution in [0, 0.1) is 12.7 Å². The lowest BCUT2D eigenvalue weighted by molar-refractivity contribution is -0.143. The van der Waals surface area contributed by atoms with Crippen LogP contribution >= 0.6 is 12.4 Å². The number of halogens is 8. The zero-order chi connectivity index (χ0) is 23.8. The zero-order valence-electron chi connectivity index (χ0n) is 17.6. The molecule has 182 valence electrons. The van der Waals surface area contributed by atoms with Crippen molar-refractivity contribution >= 4 is 18.3 Å². The lowest BCUT2D eigenvalue weighted by atomic mass is 9.83. The summed E-state index contributed by atoms with van der Waals surface area (Å²) in [6.45, 7) is 2.63. The van der Waals surface area contributed by atoms with E-state index in [1.54, 1.807) is 13.0 Å². The minimum atomic E-state index is -5.04. The summed E-state index contributed by atoms with van der Waals surface area (Å²) in [4.78, 5) is 14.2. The van der Waals surface area contributed by atoms with Crippen LogP contribution in [-0.4, -0.2) is 37.0 Å². The highest BCUT2D eigenvalue weighted by Gasteiger charge is 2.39. The number of aryl methyl sites for hydroxylation is 1. The third kappa shape index (κ3) is 5.97. The number of alkyl halides is 6. The van der Waals surface area contributed by atoms with E-state index in [4.69, 9.17) is 0 Å². The second-order valence-corrected chi connectivity index (χ2v) is 7.88. The van der Waals surface area contributed by atoms with E-state index < -0.39 is 46.8 Å². The molecule has 11 heteroatoms. The highest BCUT2D eigenvalue weighted by Crippen LogP contribution is 2.37. The average molecular weight is 499 g/mol. The number of nitrogens with zero attached hydrogens (tertiary/aromatic N) is 1. The Morgan fingerprint density at radius 3 is 2.09 bits per heavy atom. The highest BCUT2D eigenvalue weighted by molar-refractivity contribution is 5.95. The molecule has 1 aliphatic rings. The Labute approximate surface area is 192 Å². The first-order chi connectivity index (χ1) is 14.8. The van der Waals surface area contributed by atoms with Gasteiger partial charge in [0.25, 0.3) is 5.91 Å². The van der Waals surface area contributed by atoms with Crippen molar-refractivity contribution in [1.29, 1.82) is 0 Å². The average Bonchev–Trinajstić information content (AvgIpc) is 2.71. The Morgan fingerprint density at radius 1 is 1.00 bits per heavy atom. The maximum absolute atomic E-state index is 13.5. The first-order valence-electron chi connectivity index (χ1n) is 9.82. The van der Waals surface area contributed by atoms with Crippen molar-refractivity contribution in [2.45, 2.75) is 37.7 Å². The second kappa shape index (κ2) is 9.89. The molecule has 1 saturated heterocycles. The summed E-state index contributed by atoms with van der Waals surface area (Å²) in [5.74, 6) is -1.69. The number of nitrogens with one attached hydrogen (secondary N) is 1. The third-order valence-corrected chi connectivity index (χ3v) is 5.73. The van der Waals surface area contributed by atoms with Crippen LogP contribution in [0.3, 0.4) is 0 Å². The Morgan fingerprint density at radius 2 is 1.58 bits per heavy atom. The SMILES string of the molecule is Cc1cc(F)ccc1C1CNCCC1N(C)C(=O)c1cc(C(F)(F)F)cc(C(F)(F)F)c1.Cl. The van der Waals surface area contributed by atoms with E-state index in [0.717, 1.165) is 5.56 Å². The Bertz CT molecular complexity index is 975. The molecule has 0 spiro atoms. The fourth-order valence-corrected chi connectivity index (χ4v) is 4.11. The molecule has 3 rings (SSSR count). The van der Waals surface area contributed by atoms with Crippen molar-refractivity contribution in [2.75, 3.05) is 20.1 Å². The molecular formula is C22H22ClF7N2O. The zero-order valence-corrected chi connectivity index (χ0v) is 18.5. The quantitative estimate of drug-likeness (QED) is 0.542. The topological polar surface area (TPSA) is 32.3 Å². The number of benzene rings is 2. The Hall–Kier alpha value is -2.33. The number of hydrogen-bond donors (Lipinski definition) is 1. The predicted molar refractivity (Wildman–Crippen MR) is 111 cm³/mol. The van der Waals surface area contributed by atoms with Crippen LogP contribution in [0.5, 0.6) is 0 Å². The maximum Gasteiger partial charge on any atom is 0.416 e. The van der Waals surface area contributed by atoms with Crippen LogP contribution in [0.4, 0.5) is 30.7 Å². The monoisotopic (exact) mass is 498 g/mol. The van der Waals surface area contributed by atoms with Gasteiger partial charge in [-0.25, -0.2) is 4.39 Å². The Kier molecular flexibility index (Phi) is 8.06. The molecule has 33 heavy (non-hydrogen) atoms. The number of carbonyl (C=O) groups is 1. The van der Waals surface area contributed by atoms with Gasteiger partial charge in [0.05, 0.1) is 11.1 Å². The number of rotatable bonds is 3. The first-order valence-corrected chi connectivity index (χ1v) is 9.82. The molecule has 1 fully saturated rings. The van der Waals surface area contributed by atoms with Gasteiger partial charge in [-0.2, -0.15) is 26.3 Å². The van der Waals surface area contributed by atoms with Gasteiger partial charge >= 0.3 is 12.4 Å². The van der Waals surface area contributed by atoms with Crippen LogP contribution in [0.2, 0.25) is 0 Å². The van der Waals surface area contributed by atoms with Crippen molar-refractivity contribution in [3.8, 4) is 0 Å². The van der Waals surface area contributed by atoms with E-state index in [2.05, 4.69) is 5.32 Å². The molecule has 2 aromatic rings. The van der Waals surface area contributed by atoms with Gasteiger partial charge in [0.2, 0.25) is 0 Å². The lowest BCUT2D eigenvalue weighted by Gasteiger charge is -2.39. The molecule has 2 unspecified atom stereocenters. The second-order valence-electron chi connectivity index (χ2n) is 7.88. The molecule has 1 amide bonds. The van der Waals surface area contributed by atoms with E-state index in [-0.39, 0.29) is 24.4 Å². The van der Waals surface area contributed by atoms with E-state index >= 15 is 0 Å². The van der Waals surface area contributed by atoms with Crippen LogP contribution in [0.1, 0.15) is 45.0 Å². The molecule has 3 nitrogen and oxygen atoms in total. The number of amides is 1. The van der Waals surface area contributed by atoms with Gasteiger partial charge in [-0.3, -0.25) is 4.79 Å². The minimum absolute atomic E-state index is 0. The molecule has 2 atom stereocenters. The minimum Gasteiger partial charge on any atom is -0.338 e. The van der Waals surface area contributed by atoms with Gasteiger partial charge in [-0.1, -0.05) is 6.07 Å². The van der Waals surface area contributed by atoms with Crippen molar-refractivity contribution in [3.63, 3.8) is 0 Å². The van der Waals surface area contributed by atoms with Crippen LogP contribution < -0.4 is 5.32 Å². The van der Waals surface area contributed by atoms with Crippen LogP contribution in [-0.2, 0) is 12.4 Å². The number of piperidine rings is 1. The number of carbonyl (C=O) groups excluding carboxylic acids is 1. The summed E-state index contributed by atoms with van der Waals surface area (Å²) in [5, 5.41) is 3.17. The fraction of sp³-hybridized carbons (Fsp3) is 0.409. The van der Waals surface area contributed by atoms with E-state index in [1.165, 1.54) is 24.1 Å². The summed E-state index contributed by atoms with van der Waals surface area (Å²) in [5.41, 5.74) is -2.38. The standard InChI is InChI=1S/C22H21F7N2O.ClH/c1-12-7-16(23)3-4-17(12)18-11-30-6-5-19(18)31(2)20(32)13-8-14(21(24,25)26)10-15(9-13)22(27,28)29;/h3-4,7-10,18-19,30H,5-6,11H2,1-2H3;1H. The van der Waals surface area contributed by atoms with Crippen LogP contribution in [0.25, 0.3) is 0 Å². The highest BCUT2D eigenvalue weighted by atomic mass is 35.5. The molecule has 1 aliphatic heterocycles. The van der Waals surface area contributed by atoms with Crippen molar-refractivity contribution in [1.82, 2.24) is 10.2 Å². The molecule has 0 radical (unpaired) electrons. The fourth-order valence-electron chi connectivity index (χ4n) is 4.11. The van der Waals surface area contributed by atoms with Gasteiger partial charge in [-0.05, 0) is 61.3 Å². The maximum atomic E-state index is 13.5. The third-order valence-electron chi connectivity index (χ3n) is 5.73. The molecule has 0 bridgehead atoms. The molecule has 1 N–H and O–H groups in total. The molecule has 2 aromatic carbocycles. The van der Waals surface area contributed by atoms with Crippen LogP contribution in [0.15, 0.2) is 36.4 Å². The van der Waals surface area contributed by atoms with E-state index in [1.807, 2.05) is 0 Å². The van der Waals surface area contributed by atoms with E-state index in [9.17, 15) is 35.5 Å². The summed E-state index contributed by atoms with van der Waals surface area (Å²) >= 11 is 0. The van der Waals surface area contributed by atoms with Gasteiger partial charge in [0.1, 0.15) is 5.82 Å². The molecule has 0 saturated carbocycles. The number of hydrogen-bond acceptors (Lipinski definition) is 2. The molecule has 1 heterocycles. The van der Waals surface area contributed by atoms with Gasteiger partial charge < -0.3 is 10.2 Å². The van der Waals surface area contributed by atoms with Gasteiger partial charge in [-0.15, -0.1) is 12.4 Å². The van der Waals surface area contributed by atoms with E-state index in [0.29, 0.717) is 37.2 Å². The predicted octanol–water partition coefficient (Wildman–Crippen LogP) is 5.81. The molecule has 0 aromatic heterocycles. The first kappa shape index (κ1) is 26.9. The summed E-state index contributed by atoms with van der Waals surface area (Å²) in [7, 11) is 1.36. The van der Waals surface area contributed by atoms with Crippen molar-refractivity contribution < 1.29 is 35.5 Å². The Balaban J connectivity index is 0.00000385. The number of likely N-dealkylation sites (N-methyl/N-ethyl adjacent to an activating group) is 1. The smallest absolute Gasteiger partial charge is 0.338 e. The molecule has 0 aliphatic carbocycles. The normalized spacial score (nSPS) is 19.1. The summed E-state index contributed by atoms with van der Waals surface area (Å²) in [6, 6.07) is 4.56. The van der Waals surface area contributed by atoms with Gasteiger partial charge in [0.15, 0.2) is 0 Å².